The third-order valence-electron chi connectivity index (χ3n) is 5.14. The highest BCUT2D eigenvalue weighted by atomic mass is 127. The maximum absolute atomic E-state index is 4.73. The summed E-state index contributed by atoms with van der Waals surface area (Å²) in [4.78, 5) is 4.35. The zero-order chi connectivity index (χ0) is 20.5. The van der Waals surface area contributed by atoms with Crippen LogP contribution in [0.15, 0.2) is 65.7 Å². The van der Waals surface area contributed by atoms with Gasteiger partial charge in [0, 0.05) is 31.4 Å². The number of rotatable bonds is 8. The number of halogens is 1. The van der Waals surface area contributed by atoms with Crippen molar-refractivity contribution in [3.05, 3.63) is 88.7 Å². The lowest BCUT2D eigenvalue weighted by Gasteiger charge is -2.12. The van der Waals surface area contributed by atoms with Crippen LogP contribution < -0.4 is 10.6 Å². The Balaban J connectivity index is 0.00000320. The molecular weight excluding hydrogens is 485 g/mol. The molecule has 0 bridgehead atoms. The highest BCUT2D eigenvalue weighted by molar-refractivity contribution is 14.0. The lowest BCUT2D eigenvalue weighted by Crippen LogP contribution is -2.37. The number of hydrogen-bond donors (Lipinski definition) is 2. The van der Waals surface area contributed by atoms with Gasteiger partial charge in [-0.2, -0.15) is 5.10 Å². The van der Waals surface area contributed by atoms with Gasteiger partial charge in [-0.25, -0.2) is 0 Å². The molecule has 2 aromatic carbocycles. The lowest BCUT2D eigenvalue weighted by molar-refractivity contribution is 0.657. The molecule has 5 nitrogen and oxygen atoms in total. The fourth-order valence-electron chi connectivity index (χ4n) is 3.44. The van der Waals surface area contributed by atoms with Gasteiger partial charge in [0.1, 0.15) is 0 Å². The van der Waals surface area contributed by atoms with E-state index in [0.717, 1.165) is 37.6 Å². The maximum Gasteiger partial charge on any atom is 0.191 e. The quantitative estimate of drug-likeness (QED) is 0.201. The fourth-order valence-corrected chi connectivity index (χ4v) is 3.44. The molecule has 160 valence electrons. The molecule has 0 saturated heterocycles. The fraction of sp³-hybridized carbons (Fsp3) is 0.333. The summed E-state index contributed by atoms with van der Waals surface area (Å²) in [6.45, 7) is 6.60. The summed E-state index contributed by atoms with van der Waals surface area (Å²) < 4.78 is 2.08. The molecule has 3 aromatic rings. The summed E-state index contributed by atoms with van der Waals surface area (Å²) >= 11 is 0. The molecule has 0 aliphatic heterocycles. The van der Waals surface area contributed by atoms with E-state index in [-0.39, 0.29) is 24.0 Å². The van der Waals surface area contributed by atoms with Crippen LogP contribution in [-0.2, 0) is 19.5 Å². The maximum atomic E-state index is 4.73. The third kappa shape index (κ3) is 6.86. The first kappa shape index (κ1) is 23.9. The van der Waals surface area contributed by atoms with Gasteiger partial charge in [-0.1, -0.05) is 60.7 Å². The Morgan fingerprint density at radius 2 is 1.57 bits per heavy atom. The van der Waals surface area contributed by atoms with Crippen LogP contribution in [-0.4, -0.2) is 29.3 Å². The third-order valence-corrected chi connectivity index (χ3v) is 5.14. The van der Waals surface area contributed by atoms with Crippen LogP contribution in [0.3, 0.4) is 0 Å². The average Bonchev–Trinajstić information content (AvgIpc) is 3.01. The molecule has 6 heteroatoms. The Bertz CT molecular complexity index is 920. The van der Waals surface area contributed by atoms with Crippen molar-refractivity contribution >= 4 is 29.9 Å². The van der Waals surface area contributed by atoms with Crippen molar-refractivity contribution in [2.24, 2.45) is 4.99 Å². The highest BCUT2D eigenvalue weighted by Crippen LogP contribution is 2.14. The zero-order valence-electron chi connectivity index (χ0n) is 18.1. The molecule has 0 unspecified atom stereocenters. The van der Waals surface area contributed by atoms with Gasteiger partial charge in [0.05, 0.1) is 12.2 Å². The molecule has 30 heavy (non-hydrogen) atoms. The van der Waals surface area contributed by atoms with E-state index in [1.807, 2.05) is 13.1 Å². The topological polar surface area (TPSA) is 54.2 Å². The van der Waals surface area contributed by atoms with Gasteiger partial charge in [-0.15, -0.1) is 24.0 Å². The van der Waals surface area contributed by atoms with Gasteiger partial charge in [0.2, 0.25) is 0 Å². The van der Waals surface area contributed by atoms with Gasteiger partial charge >= 0.3 is 0 Å². The molecule has 0 spiro atoms. The molecule has 0 atom stereocenters. The molecule has 1 heterocycles. The molecule has 0 aliphatic carbocycles. The number of aliphatic imine (C=N–C) groups is 1. The number of benzene rings is 2. The van der Waals surface area contributed by atoms with Crippen molar-refractivity contribution in [1.82, 2.24) is 20.4 Å². The number of guanidine groups is 1. The van der Waals surface area contributed by atoms with Crippen LogP contribution in [0.2, 0.25) is 0 Å². The molecular formula is C24H32IN5. The first-order valence-corrected chi connectivity index (χ1v) is 10.2. The van der Waals surface area contributed by atoms with Crippen molar-refractivity contribution < 1.29 is 0 Å². The lowest BCUT2D eigenvalue weighted by atomic mass is 10.1. The predicted molar refractivity (Wildman–Crippen MR) is 136 cm³/mol. The Morgan fingerprint density at radius 3 is 2.20 bits per heavy atom. The van der Waals surface area contributed by atoms with E-state index < -0.39 is 0 Å². The molecule has 0 radical (unpaired) electrons. The number of nitrogens with zero attached hydrogens (tertiary/aromatic N) is 3. The van der Waals surface area contributed by atoms with Crippen LogP contribution in [0.4, 0.5) is 0 Å². The molecule has 3 rings (SSSR count). The summed E-state index contributed by atoms with van der Waals surface area (Å²) in [6, 6.07) is 21.0. The van der Waals surface area contributed by atoms with Crippen LogP contribution in [0.1, 0.15) is 34.5 Å². The number of nitrogens with one attached hydrogen (secondary N) is 2. The minimum absolute atomic E-state index is 0. The molecule has 1 aromatic heterocycles. The van der Waals surface area contributed by atoms with Gasteiger partial charge < -0.3 is 10.6 Å². The van der Waals surface area contributed by atoms with E-state index in [1.165, 1.54) is 22.4 Å². The molecule has 0 aliphatic rings. The summed E-state index contributed by atoms with van der Waals surface area (Å²) in [6.07, 6.45) is 2.13. The number of hydrogen-bond acceptors (Lipinski definition) is 2. The van der Waals surface area contributed by atoms with Crippen molar-refractivity contribution in [3.8, 4) is 0 Å². The van der Waals surface area contributed by atoms with Gasteiger partial charge in [0.15, 0.2) is 5.96 Å². The van der Waals surface area contributed by atoms with E-state index in [2.05, 4.69) is 88.8 Å². The first-order chi connectivity index (χ1) is 14.2. The van der Waals surface area contributed by atoms with Crippen LogP contribution >= 0.6 is 24.0 Å². The van der Waals surface area contributed by atoms with Crippen LogP contribution in [0.5, 0.6) is 0 Å². The van der Waals surface area contributed by atoms with Crippen molar-refractivity contribution in [3.63, 3.8) is 0 Å². The van der Waals surface area contributed by atoms with Crippen LogP contribution in [0, 0.1) is 13.8 Å². The normalized spacial score (nSPS) is 11.1. The van der Waals surface area contributed by atoms with Gasteiger partial charge in [-0.3, -0.25) is 9.67 Å². The standard InChI is InChI=1S/C24H31N5.HI/c1-19-23(20(2)29(28-19)18-22-13-8-5-9-14-22)17-27-24(25-3)26-16-10-15-21-11-6-4-7-12-21;/h4-9,11-14H,10,15-18H2,1-3H3,(H2,25,26,27);1H. The van der Waals surface area contributed by atoms with Crippen molar-refractivity contribution in [1.29, 1.82) is 0 Å². The van der Waals surface area contributed by atoms with Gasteiger partial charge in [-0.05, 0) is 37.8 Å². The number of aryl methyl sites for hydroxylation is 2. The van der Waals surface area contributed by atoms with Crippen molar-refractivity contribution in [2.75, 3.05) is 13.6 Å². The van der Waals surface area contributed by atoms with Crippen LogP contribution in [0.25, 0.3) is 0 Å². The zero-order valence-corrected chi connectivity index (χ0v) is 20.4. The minimum Gasteiger partial charge on any atom is -0.356 e. The monoisotopic (exact) mass is 517 g/mol. The minimum atomic E-state index is 0. The molecule has 0 saturated carbocycles. The van der Waals surface area contributed by atoms with E-state index >= 15 is 0 Å². The summed E-state index contributed by atoms with van der Waals surface area (Å²) in [5, 5.41) is 11.6. The molecule has 2 N–H and O–H groups in total. The van der Waals surface area contributed by atoms with Gasteiger partial charge in [0.25, 0.3) is 0 Å². The summed E-state index contributed by atoms with van der Waals surface area (Å²) in [7, 11) is 1.81. The Hall–Kier alpha value is -2.35. The summed E-state index contributed by atoms with van der Waals surface area (Å²) in [5.74, 6) is 0.827. The second kappa shape index (κ2) is 12.4. The Morgan fingerprint density at radius 1 is 0.933 bits per heavy atom. The second-order valence-electron chi connectivity index (χ2n) is 7.23. The SMILES string of the molecule is CN=C(NCCCc1ccccc1)NCc1c(C)nn(Cc2ccccc2)c1C.I. The van der Waals surface area contributed by atoms with Crippen molar-refractivity contribution in [2.45, 2.75) is 39.8 Å². The summed E-state index contributed by atoms with van der Waals surface area (Å²) in [5.41, 5.74) is 6.11. The smallest absolute Gasteiger partial charge is 0.191 e. The molecule has 0 amide bonds. The average molecular weight is 517 g/mol. The Kier molecular flexibility index (Phi) is 9.86. The predicted octanol–water partition coefficient (Wildman–Crippen LogP) is 4.46. The van der Waals surface area contributed by atoms with E-state index in [4.69, 9.17) is 5.10 Å². The van der Waals surface area contributed by atoms with E-state index in [1.54, 1.807) is 0 Å². The molecule has 0 fully saturated rings. The highest BCUT2D eigenvalue weighted by Gasteiger charge is 2.12. The second-order valence-corrected chi connectivity index (χ2v) is 7.23. The number of aromatic nitrogens is 2. The largest absolute Gasteiger partial charge is 0.356 e. The van der Waals surface area contributed by atoms with E-state index in [0.29, 0.717) is 6.54 Å². The Labute approximate surface area is 197 Å². The first-order valence-electron chi connectivity index (χ1n) is 10.2. The van der Waals surface area contributed by atoms with E-state index in [9.17, 15) is 0 Å².